The minimum Gasteiger partial charge on any atom is -0.315 e. The van der Waals surface area contributed by atoms with Crippen LogP contribution in [0.3, 0.4) is 0 Å². The molecule has 2 saturated carbocycles. The largest absolute Gasteiger partial charge is 0.315 e. The number of hydrogen-bond donors (Lipinski definition) is 1. The molecule has 0 saturated heterocycles. The Morgan fingerprint density at radius 2 is 1.50 bits per heavy atom. The van der Waals surface area contributed by atoms with Gasteiger partial charge in [-0.05, 0) is 69.7 Å². The maximum atomic E-state index is 3.58. The van der Waals surface area contributed by atoms with Gasteiger partial charge in [-0.3, -0.25) is 0 Å². The lowest BCUT2D eigenvalue weighted by molar-refractivity contribution is 0.135. The van der Waals surface area contributed by atoms with Crippen molar-refractivity contribution >= 4 is 0 Å². The monoisotopic (exact) mass is 223 g/mol. The molecule has 0 amide bonds. The van der Waals surface area contributed by atoms with Crippen LogP contribution < -0.4 is 5.32 Å². The van der Waals surface area contributed by atoms with Crippen LogP contribution in [0.4, 0.5) is 0 Å². The Bertz CT molecular complexity index is 262. The maximum absolute atomic E-state index is 3.58. The fraction of sp³-hybridized carbons (Fsp3) is 1.00. The van der Waals surface area contributed by atoms with E-state index in [-0.39, 0.29) is 0 Å². The standard InChI is InChI=1S/C15H29N/c1-5-15-10-7-13(2,12-15)6-8-14(3,16-4)9-11-15/h16H,5-12H2,1-4H3. The Hall–Kier alpha value is -0.0400. The highest BCUT2D eigenvalue weighted by molar-refractivity contribution is 5.00. The van der Waals surface area contributed by atoms with Crippen LogP contribution in [-0.4, -0.2) is 12.6 Å². The molecule has 1 nitrogen and oxygen atoms in total. The average Bonchev–Trinajstić information content (AvgIpc) is 2.64. The van der Waals surface area contributed by atoms with E-state index in [0.717, 1.165) is 0 Å². The highest BCUT2D eigenvalue weighted by Gasteiger charge is 2.47. The molecular formula is C15H29N. The van der Waals surface area contributed by atoms with Crippen LogP contribution >= 0.6 is 0 Å². The molecule has 0 aromatic carbocycles. The van der Waals surface area contributed by atoms with Gasteiger partial charge >= 0.3 is 0 Å². The molecule has 1 heteroatoms. The van der Waals surface area contributed by atoms with Gasteiger partial charge in [0.05, 0.1) is 0 Å². The minimum absolute atomic E-state index is 0.395. The Labute approximate surface area is 101 Å². The number of fused-ring (bicyclic) bond motifs is 2. The lowest BCUT2D eigenvalue weighted by atomic mass is 9.68. The van der Waals surface area contributed by atoms with Gasteiger partial charge in [-0.1, -0.05) is 20.3 Å². The summed E-state index contributed by atoms with van der Waals surface area (Å²) in [7, 11) is 2.14. The summed E-state index contributed by atoms with van der Waals surface area (Å²) in [4.78, 5) is 0. The average molecular weight is 223 g/mol. The maximum Gasteiger partial charge on any atom is 0.0150 e. The summed E-state index contributed by atoms with van der Waals surface area (Å²) in [5.74, 6) is 0. The molecule has 3 unspecified atom stereocenters. The highest BCUT2D eigenvalue weighted by Crippen LogP contribution is 2.57. The van der Waals surface area contributed by atoms with Crippen molar-refractivity contribution < 1.29 is 0 Å². The zero-order chi connectivity index (χ0) is 11.9. The Morgan fingerprint density at radius 1 is 0.938 bits per heavy atom. The predicted molar refractivity (Wildman–Crippen MR) is 70.6 cm³/mol. The third-order valence-corrected chi connectivity index (χ3v) is 5.90. The van der Waals surface area contributed by atoms with Gasteiger partial charge < -0.3 is 5.32 Å². The molecule has 0 aromatic heterocycles. The van der Waals surface area contributed by atoms with Gasteiger partial charge in [0.15, 0.2) is 0 Å². The van der Waals surface area contributed by atoms with E-state index in [9.17, 15) is 0 Å². The molecule has 1 N–H and O–H groups in total. The van der Waals surface area contributed by atoms with Crippen LogP contribution in [0, 0.1) is 10.8 Å². The van der Waals surface area contributed by atoms with Crippen LogP contribution in [0.15, 0.2) is 0 Å². The van der Waals surface area contributed by atoms with Crippen LogP contribution in [-0.2, 0) is 0 Å². The second-order valence-electron chi connectivity index (χ2n) is 7.15. The normalized spacial score (nSPS) is 48.8. The lowest BCUT2D eigenvalue weighted by Gasteiger charge is -2.41. The summed E-state index contributed by atoms with van der Waals surface area (Å²) in [6.07, 6.45) is 11.4. The SMILES string of the molecule is CCC12CCC(C)(CCC(C)(NC)CC1)C2. The van der Waals surface area contributed by atoms with E-state index in [1.54, 1.807) is 0 Å². The summed E-state index contributed by atoms with van der Waals surface area (Å²) in [5.41, 5.74) is 1.73. The second-order valence-corrected chi connectivity index (χ2v) is 7.15. The third kappa shape index (κ3) is 2.16. The van der Waals surface area contributed by atoms with Crippen molar-refractivity contribution in [2.45, 2.75) is 77.7 Å². The van der Waals surface area contributed by atoms with Gasteiger partial charge in [0, 0.05) is 5.54 Å². The van der Waals surface area contributed by atoms with Crippen molar-refractivity contribution in [3.63, 3.8) is 0 Å². The summed E-state index contributed by atoms with van der Waals surface area (Å²) in [6, 6.07) is 0. The minimum atomic E-state index is 0.395. The quantitative estimate of drug-likeness (QED) is 0.742. The van der Waals surface area contributed by atoms with Gasteiger partial charge in [0.1, 0.15) is 0 Å². The van der Waals surface area contributed by atoms with Gasteiger partial charge in [-0.15, -0.1) is 0 Å². The molecule has 2 aliphatic rings. The van der Waals surface area contributed by atoms with Crippen molar-refractivity contribution in [2.75, 3.05) is 7.05 Å². The summed E-state index contributed by atoms with van der Waals surface area (Å²) >= 11 is 0. The van der Waals surface area contributed by atoms with E-state index in [4.69, 9.17) is 0 Å². The van der Waals surface area contributed by atoms with Crippen LogP contribution in [0.25, 0.3) is 0 Å². The van der Waals surface area contributed by atoms with E-state index >= 15 is 0 Å². The van der Waals surface area contributed by atoms with Crippen molar-refractivity contribution in [1.29, 1.82) is 0 Å². The Kier molecular flexibility index (Phi) is 3.11. The fourth-order valence-electron chi connectivity index (χ4n) is 4.05. The zero-order valence-corrected chi connectivity index (χ0v) is 11.7. The van der Waals surface area contributed by atoms with Crippen molar-refractivity contribution in [3.05, 3.63) is 0 Å². The molecule has 94 valence electrons. The first-order chi connectivity index (χ1) is 7.45. The molecule has 3 atom stereocenters. The van der Waals surface area contributed by atoms with E-state index in [1.807, 2.05) is 0 Å². The Balaban J connectivity index is 2.18. The molecule has 2 fully saturated rings. The third-order valence-electron chi connectivity index (χ3n) is 5.90. The van der Waals surface area contributed by atoms with E-state index in [2.05, 4.69) is 33.1 Å². The first-order valence-electron chi connectivity index (χ1n) is 7.14. The smallest absolute Gasteiger partial charge is 0.0150 e. The summed E-state index contributed by atoms with van der Waals surface area (Å²) in [5, 5.41) is 3.58. The molecule has 0 aromatic rings. The van der Waals surface area contributed by atoms with Crippen molar-refractivity contribution in [1.82, 2.24) is 5.32 Å². The summed E-state index contributed by atoms with van der Waals surface area (Å²) in [6.45, 7) is 7.36. The molecular weight excluding hydrogens is 194 g/mol. The highest BCUT2D eigenvalue weighted by atomic mass is 14.9. The molecule has 2 aliphatic carbocycles. The zero-order valence-electron chi connectivity index (χ0n) is 11.7. The van der Waals surface area contributed by atoms with Gasteiger partial charge in [-0.2, -0.15) is 0 Å². The summed E-state index contributed by atoms with van der Waals surface area (Å²) < 4.78 is 0. The fourth-order valence-corrected chi connectivity index (χ4v) is 4.05. The molecule has 2 rings (SSSR count). The first-order valence-corrected chi connectivity index (χ1v) is 7.14. The first kappa shape index (κ1) is 12.4. The molecule has 16 heavy (non-hydrogen) atoms. The van der Waals surface area contributed by atoms with Gasteiger partial charge in [-0.25, -0.2) is 0 Å². The van der Waals surface area contributed by atoms with Gasteiger partial charge in [0.2, 0.25) is 0 Å². The number of rotatable bonds is 2. The second kappa shape index (κ2) is 4.01. The predicted octanol–water partition coefficient (Wildman–Crippen LogP) is 4.13. The van der Waals surface area contributed by atoms with Gasteiger partial charge in [0.25, 0.3) is 0 Å². The van der Waals surface area contributed by atoms with E-state index in [0.29, 0.717) is 16.4 Å². The van der Waals surface area contributed by atoms with E-state index in [1.165, 1.54) is 51.4 Å². The van der Waals surface area contributed by atoms with E-state index < -0.39 is 0 Å². The number of hydrogen-bond acceptors (Lipinski definition) is 1. The molecule has 0 spiro atoms. The molecule has 2 bridgehead atoms. The van der Waals surface area contributed by atoms with Crippen LogP contribution in [0.1, 0.15) is 72.1 Å². The van der Waals surface area contributed by atoms with Crippen molar-refractivity contribution in [3.8, 4) is 0 Å². The van der Waals surface area contributed by atoms with Crippen molar-refractivity contribution in [2.24, 2.45) is 10.8 Å². The lowest BCUT2D eigenvalue weighted by Crippen LogP contribution is -2.43. The van der Waals surface area contributed by atoms with Crippen LogP contribution in [0.2, 0.25) is 0 Å². The Morgan fingerprint density at radius 3 is 2.12 bits per heavy atom. The van der Waals surface area contributed by atoms with Crippen LogP contribution in [0.5, 0.6) is 0 Å². The molecule has 0 heterocycles. The number of nitrogens with one attached hydrogen (secondary N) is 1. The molecule has 0 radical (unpaired) electrons. The molecule has 0 aliphatic heterocycles. The topological polar surface area (TPSA) is 12.0 Å².